The van der Waals surface area contributed by atoms with Gasteiger partial charge in [0.05, 0.1) is 62.8 Å². The van der Waals surface area contributed by atoms with Gasteiger partial charge >= 0.3 is 0 Å². The van der Waals surface area contributed by atoms with Crippen LogP contribution >= 0.6 is 0 Å². The maximum absolute atomic E-state index is 13.5. The number of H-pyrrole nitrogens is 2. The third-order valence-electron chi connectivity index (χ3n) is 7.31. The molecule has 0 amide bonds. The number of pyridine rings is 1. The second kappa shape index (κ2) is 9.90. The molecule has 5 aromatic heterocycles. The average Bonchev–Trinajstić information content (AvgIpc) is 3.78. The van der Waals surface area contributed by atoms with Crippen molar-refractivity contribution in [2.24, 2.45) is 0 Å². The van der Waals surface area contributed by atoms with E-state index < -0.39 is 10.8 Å². The highest BCUT2D eigenvalue weighted by atomic mass is 32.2. The number of nitrogens with zero attached hydrogens (tertiary/aromatic N) is 5. The standard InChI is InChI=1S/C31H27N7O2S/c1-19-27(32-9-8-30(19)40-3)18-41(39)31-35-24-15-22(29(17-26(24)36-31)38-12-6-7-13-38)21-14-23-25(34-20(2)33-23)16-28(21)37-10-4-5-11-37/h4-17H,18H2,1-3H3,(H,33,34)(H,35,36). The molecule has 0 radical (unpaired) electrons. The zero-order valence-corrected chi connectivity index (χ0v) is 23.6. The monoisotopic (exact) mass is 561 g/mol. The minimum absolute atomic E-state index is 0.230. The van der Waals surface area contributed by atoms with Gasteiger partial charge in [-0.25, -0.2) is 9.97 Å². The number of rotatable bonds is 7. The summed E-state index contributed by atoms with van der Waals surface area (Å²) in [5.41, 5.74) is 8.97. The zero-order chi connectivity index (χ0) is 28.1. The number of methoxy groups -OCH3 is 1. The molecule has 41 heavy (non-hydrogen) atoms. The van der Waals surface area contributed by atoms with E-state index >= 15 is 0 Å². The largest absolute Gasteiger partial charge is 0.496 e. The van der Waals surface area contributed by atoms with Gasteiger partial charge in [0.2, 0.25) is 0 Å². The lowest BCUT2D eigenvalue weighted by molar-refractivity contribution is 0.410. The summed E-state index contributed by atoms with van der Waals surface area (Å²) in [6, 6.07) is 18.2. The Balaban J connectivity index is 1.39. The highest BCUT2D eigenvalue weighted by Crippen LogP contribution is 2.37. The maximum atomic E-state index is 13.5. The number of benzene rings is 2. The Bertz CT molecular complexity index is 2050. The van der Waals surface area contributed by atoms with Crippen LogP contribution in [0.4, 0.5) is 0 Å². The Morgan fingerprint density at radius 3 is 2.02 bits per heavy atom. The molecule has 2 aromatic carbocycles. The topological polar surface area (TPSA) is 106 Å². The van der Waals surface area contributed by atoms with E-state index in [1.807, 2.05) is 69.0 Å². The molecule has 204 valence electrons. The summed E-state index contributed by atoms with van der Waals surface area (Å²) < 4.78 is 23.1. The predicted molar refractivity (Wildman–Crippen MR) is 160 cm³/mol. The van der Waals surface area contributed by atoms with Crippen LogP contribution in [0.25, 0.3) is 44.6 Å². The first-order valence-corrected chi connectivity index (χ1v) is 14.5. The number of hydrogen-bond acceptors (Lipinski definition) is 5. The van der Waals surface area contributed by atoms with Gasteiger partial charge in [0.1, 0.15) is 11.6 Å². The van der Waals surface area contributed by atoms with Crippen molar-refractivity contribution in [2.75, 3.05) is 7.11 Å². The highest BCUT2D eigenvalue weighted by Gasteiger charge is 2.20. The lowest BCUT2D eigenvalue weighted by atomic mass is 9.99. The van der Waals surface area contributed by atoms with Crippen molar-refractivity contribution in [1.82, 2.24) is 34.1 Å². The first-order valence-electron chi connectivity index (χ1n) is 13.2. The molecule has 0 spiro atoms. The number of fused-ring (bicyclic) bond motifs is 2. The van der Waals surface area contributed by atoms with Crippen molar-refractivity contribution in [3.63, 3.8) is 0 Å². The third kappa shape index (κ3) is 4.42. The SMILES string of the molecule is COc1ccnc(CS(=O)c2nc3cc(-n4cccc4)c(-c4cc5[nH]c(C)nc5cc4-n4cccc4)cc3[nH]2)c1C. The first kappa shape index (κ1) is 25.0. The molecule has 0 fully saturated rings. The number of nitrogens with one attached hydrogen (secondary N) is 2. The normalized spacial score (nSPS) is 12.4. The van der Waals surface area contributed by atoms with Crippen LogP contribution in [0.15, 0.2) is 90.7 Å². The molecule has 0 aliphatic carbocycles. The molecular formula is C31H27N7O2S. The fourth-order valence-corrected chi connectivity index (χ4v) is 6.37. The van der Waals surface area contributed by atoms with Crippen molar-refractivity contribution < 1.29 is 8.95 Å². The summed E-state index contributed by atoms with van der Waals surface area (Å²) in [6.45, 7) is 3.88. The van der Waals surface area contributed by atoms with Gasteiger partial charge in [0.15, 0.2) is 5.16 Å². The molecule has 7 aromatic rings. The Labute approximate surface area is 238 Å². The maximum Gasteiger partial charge on any atom is 0.197 e. The van der Waals surface area contributed by atoms with Crippen LogP contribution in [0.5, 0.6) is 5.75 Å². The van der Waals surface area contributed by atoms with Crippen molar-refractivity contribution in [3.05, 3.63) is 103 Å². The van der Waals surface area contributed by atoms with Crippen LogP contribution in [0.1, 0.15) is 17.1 Å². The summed E-state index contributed by atoms with van der Waals surface area (Å²) in [4.78, 5) is 20.6. The number of aromatic amines is 2. The molecule has 0 saturated carbocycles. The number of aromatic nitrogens is 7. The molecule has 2 N–H and O–H groups in total. The minimum atomic E-state index is -1.44. The van der Waals surface area contributed by atoms with Crippen LogP contribution in [0.2, 0.25) is 0 Å². The van der Waals surface area contributed by atoms with Gasteiger partial charge in [0, 0.05) is 47.7 Å². The Morgan fingerprint density at radius 2 is 1.41 bits per heavy atom. The van der Waals surface area contributed by atoms with Gasteiger partial charge in [-0.1, -0.05) is 0 Å². The van der Waals surface area contributed by atoms with E-state index in [9.17, 15) is 4.21 Å². The van der Waals surface area contributed by atoms with Gasteiger partial charge in [-0.2, -0.15) is 0 Å². The average molecular weight is 562 g/mol. The summed E-state index contributed by atoms with van der Waals surface area (Å²) in [6.07, 6.45) is 9.77. The van der Waals surface area contributed by atoms with Crippen LogP contribution in [0.3, 0.4) is 0 Å². The fourth-order valence-electron chi connectivity index (χ4n) is 5.27. The number of imidazole rings is 2. The van der Waals surface area contributed by atoms with E-state index in [0.717, 1.165) is 67.4 Å². The first-order chi connectivity index (χ1) is 20.0. The van der Waals surface area contributed by atoms with Gasteiger partial charge in [0.25, 0.3) is 0 Å². The van der Waals surface area contributed by atoms with Crippen LogP contribution in [0, 0.1) is 13.8 Å². The summed E-state index contributed by atoms with van der Waals surface area (Å²) >= 11 is 0. The zero-order valence-electron chi connectivity index (χ0n) is 22.8. The van der Waals surface area contributed by atoms with Crippen LogP contribution in [-0.2, 0) is 16.6 Å². The van der Waals surface area contributed by atoms with Crippen LogP contribution < -0.4 is 4.74 Å². The van der Waals surface area contributed by atoms with Crippen molar-refractivity contribution in [3.8, 4) is 28.3 Å². The van der Waals surface area contributed by atoms with E-state index in [1.54, 1.807) is 19.4 Å². The number of aryl methyl sites for hydroxylation is 1. The number of ether oxygens (including phenoxy) is 1. The second-order valence-electron chi connectivity index (χ2n) is 9.89. The molecule has 0 bridgehead atoms. The fraction of sp³-hybridized carbons (Fsp3) is 0.129. The molecule has 1 atom stereocenters. The molecule has 0 aliphatic heterocycles. The number of hydrogen-bond donors (Lipinski definition) is 2. The minimum Gasteiger partial charge on any atom is -0.496 e. The molecule has 7 rings (SSSR count). The molecule has 0 saturated heterocycles. The van der Waals surface area contributed by atoms with E-state index in [1.165, 1.54) is 0 Å². The second-order valence-corrected chi connectivity index (χ2v) is 11.3. The molecule has 9 nitrogen and oxygen atoms in total. The van der Waals surface area contributed by atoms with Gasteiger partial charge in [-0.05, 0) is 68.4 Å². The molecule has 5 heterocycles. The highest BCUT2D eigenvalue weighted by molar-refractivity contribution is 7.84. The molecule has 10 heteroatoms. The molecular weight excluding hydrogens is 534 g/mol. The van der Waals surface area contributed by atoms with Crippen molar-refractivity contribution in [1.29, 1.82) is 0 Å². The smallest absolute Gasteiger partial charge is 0.197 e. The predicted octanol–water partition coefficient (Wildman–Crippen LogP) is 6.02. The lowest BCUT2D eigenvalue weighted by Crippen LogP contribution is -2.03. The van der Waals surface area contributed by atoms with Gasteiger partial charge < -0.3 is 23.8 Å². The van der Waals surface area contributed by atoms with Crippen molar-refractivity contribution >= 4 is 32.9 Å². The van der Waals surface area contributed by atoms with Crippen LogP contribution in [-0.4, -0.2) is 45.4 Å². The van der Waals surface area contributed by atoms with Gasteiger partial charge in [-0.15, -0.1) is 0 Å². The van der Waals surface area contributed by atoms with Gasteiger partial charge in [-0.3, -0.25) is 9.19 Å². The van der Waals surface area contributed by atoms with E-state index in [-0.39, 0.29) is 5.75 Å². The lowest BCUT2D eigenvalue weighted by Gasteiger charge is -2.16. The third-order valence-corrected chi connectivity index (χ3v) is 8.47. The van der Waals surface area contributed by atoms with E-state index in [0.29, 0.717) is 5.16 Å². The molecule has 1 unspecified atom stereocenters. The Kier molecular flexibility index (Phi) is 6.05. The van der Waals surface area contributed by atoms with Crippen molar-refractivity contribution in [2.45, 2.75) is 24.8 Å². The summed E-state index contributed by atoms with van der Waals surface area (Å²) in [5, 5.41) is 0.407. The van der Waals surface area contributed by atoms with E-state index in [2.05, 4.69) is 47.3 Å². The Morgan fingerprint density at radius 1 is 0.829 bits per heavy atom. The quantitative estimate of drug-likeness (QED) is 0.248. The van der Waals surface area contributed by atoms with E-state index in [4.69, 9.17) is 9.72 Å². The summed E-state index contributed by atoms with van der Waals surface area (Å²) in [7, 11) is 0.185. The molecule has 0 aliphatic rings. The summed E-state index contributed by atoms with van der Waals surface area (Å²) in [5.74, 6) is 1.81. The Hall–Kier alpha value is -4.96.